The number of aromatic nitrogens is 3. The molecule has 0 aliphatic carbocycles. The molecule has 0 fully saturated rings. The van der Waals surface area contributed by atoms with Gasteiger partial charge >= 0.3 is 0 Å². The van der Waals surface area contributed by atoms with E-state index in [0.717, 1.165) is 22.9 Å². The first kappa shape index (κ1) is 9.86. The molecule has 0 unspecified atom stereocenters. The highest BCUT2D eigenvalue weighted by Crippen LogP contribution is 2.11. The van der Waals surface area contributed by atoms with Gasteiger partial charge in [-0.25, -0.2) is 9.97 Å². The molecule has 0 aliphatic heterocycles. The number of pyridine rings is 1. The lowest BCUT2D eigenvalue weighted by atomic mass is 10.2. The first-order valence-corrected chi connectivity index (χ1v) is 4.79. The van der Waals surface area contributed by atoms with Crippen molar-refractivity contribution in [3.05, 3.63) is 41.6 Å². The molecule has 0 bridgehead atoms. The molecular formula is C11H13N3O. The summed E-state index contributed by atoms with van der Waals surface area (Å²) in [5.41, 5.74) is 1.76. The van der Waals surface area contributed by atoms with Gasteiger partial charge in [0, 0.05) is 18.1 Å². The van der Waals surface area contributed by atoms with Crippen molar-refractivity contribution >= 4 is 0 Å². The summed E-state index contributed by atoms with van der Waals surface area (Å²) < 4.78 is 1.90. The van der Waals surface area contributed by atoms with Gasteiger partial charge in [0.2, 0.25) is 0 Å². The van der Waals surface area contributed by atoms with Crippen molar-refractivity contribution in [1.29, 1.82) is 0 Å². The van der Waals surface area contributed by atoms with E-state index in [-0.39, 0.29) is 6.61 Å². The fourth-order valence-electron chi connectivity index (χ4n) is 1.56. The van der Waals surface area contributed by atoms with E-state index in [0.29, 0.717) is 0 Å². The Bertz CT molecular complexity index is 476. The zero-order valence-electron chi connectivity index (χ0n) is 8.81. The molecule has 0 spiro atoms. The van der Waals surface area contributed by atoms with Gasteiger partial charge in [0.05, 0.1) is 6.61 Å². The lowest BCUT2D eigenvalue weighted by molar-refractivity contribution is 0.281. The van der Waals surface area contributed by atoms with Crippen LogP contribution in [-0.4, -0.2) is 19.6 Å². The summed E-state index contributed by atoms with van der Waals surface area (Å²) in [6.45, 7) is 3.86. The van der Waals surface area contributed by atoms with Crippen LogP contribution in [0.3, 0.4) is 0 Å². The molecule has 2 rings (SSSR count). The first-order valence-electron chi connectivity index (χ1n) is 4.79. The van der Waals surface area contributed by atoms with E-state index in [9.17, 15) is 0 Å². The van der Waals surface area contributed by atoms with E-state index in [2.05, 4.69) is 9.97 Å². The topological polar surface area (TPSA) is 50.9 Å². The van der Waals surface area contributed by atoms with Crippen LogP contribution in [-0.2, 0) is 6.61 Å². The number of hydrogen-bond donors (Lipinski definition) is 1. The maximum Gasteiger partial charge on any atom is 0.138 e. The molecule has 4 heteroatoms. The predicted octanol–water partition coefficient (Wildman–Crippen LogP) is 1.38. The highest BCUT2D eigenvalue weighted by atomic mass is 16.3. The van der Waals surface area contributed by atoms with Crippen LogP contribution in [0.15, 0.2) is 24.5 Å². The molecule has 15 heavy (non-hydrogen) atoms. The van der Waals surface area contributed by atoms with E-state index in [4.69, 9.17) is 5.11 Å². The lowest BCUT2D eigenvalue weighted by Crippen LogP contribution is -2.01. The van der Waals surface area contributed by atoms with Crippen LogP contribution in [0.2, 0.25) is 0 Å². The minimum Gasteiger partial charge on any atom is -0.392 e. The number of nitrogens with zero attached hydrogens (tertiary/aromatic N) is 3. The van der Waals surface area contributed by atoms with Crippen LogP contribution in [0.4, 0.5) is 0 Å². The number of rotatable bonds is 2. The molecule has 0 radical (unpaired) electrons. The number of hydrogen-bond acceptors (Lipinski definition) is 3. The van der Waals surface area contributed by atoms with Crippen molar-refractivity contribution in [2.24, 2.45) is 0 Å². The van der Waals surface area contributed by atoms with Gasteiger partial charge in [-0.3, -0.25) is 4.57 Å². The summed E-state index contributed by atoms with van der Waals surface area (Å²) in [4.78, 5) is 8.54. The van der Waals surface area contributed by atoms with Gasteiger partial charge in [-0.05, 0) is 31.5 Å². The number of aliphatic hydroxyl groups is 1. The largest absolute Gasteiger partial charge is 0.392 e. The third-order valence-corrected chi connectivity index (χ3v) is 2.25. The fourth-order valence-corrected chi connectivity index (χ4v) is 1.56. The van der Waals surface area contributed by atoms with Gasteiger partial charge in [0.25, 0.3) is 0 Å². The van der Waals surface area contributed by atoms with E-state index in [1.165, 1.54) is 0 Å². The predicted molar refractivity (Wildman–Crippen MR) is 56.8 cm³/mol. The monoisotopic (exact) mass is 203 g/mol. The number of aryl methyl sites for hydroxylation is 2. The maximum atomic E-state index is 9.10. The van der Waals surface area contributed by atoms with Gasteiger partial charge in [-0.2, -0.15) is 0 Å². The van der Waals surface area contributed by atoms with Crippen LogP contribution in [0.25, 0.3) is 5.82 Å². The van der Waals surface area contributed by atoms with E-state index in [1.54, 1.807) is 6.20 Å². The molecule has 0 saturated heterocycles. The third-order valence-electron chi connectivity index (χ3n) is 2.25. The second-order valence-electron chi connectivity index (χ2n) is 3.48. The molecule has 0 aromatic carbocycles. The fraction of sp³-hybridized carbons (Fsp3) is 0.273. The van der Waals surface area contributed by atoms with Crippen LogP contribution >= 0.6 is 0 Å². The van der Waals surface area contributed by atoms with Crippen molar-refractivity contribution in [2.45, 2.75) is 20.5 Å². The molecule has 0 aliphatic rings. The van der Waals surface area contributed by atoms with Crippen LogP contribution < -0.4 is 0 Å². The van der Waals surface area contributed by atoms with E-state index >= 15 is 0 Å². The summed E-state index contributed by atoms with van der Waals surface area (Å²) in [6.07, 6.45) is 3.59. The zero-order valence-corrected chi connectivity index (χ0v) is 8.81. The Balaban J connectivity index is 2.53. The van der Waals surface area contributed by atoms with Gasteiger partial charge in [-0.15, -0.1) is 0 Å². The lowest BCUT2D eigenvalue weighted by Gasteiger charge is -2.07. The molecule has 2 heterocycles. The maximum absolute atomic E-state index is 9.10. The molecule has 2 aromatic heterocycles. The normalized spacial score (nSPS) is 10.6. The Kier molecular flexibility index (Phi) is 2.51. The second-order valence-corrected chi connectivity index (χ2v) is 3.48. The van der Waals surface area contributed by atoms with Gasteiger partial charge in [0.1, 0.15) is 11.6 Å². The number of imidazole rings is 1. The Morgan fingerprint density at radius 1 is 1.33 bits per heavy atom. The van der Waals surface area contributed by atoms with Crippen molar-refractivity contribution in [3.8, 4) is 5.82 Å². The molecule has 78 valence electrons. The van der Waals surface area contributed by atoms with Crippen molar-refractivity contribution < 1.29 is 5.11 Å². The minimum absolute atomic E-state index is 0.0318. The molecule has 0 saturated carbocycles. The van der Waals surface area contributed by atoms with E-state index < -0.39 is 0 Å². The quantitative estimate of drug-likeness (QED) is 0.802. The molecule has 2 aromatic rings. The second kappa shape index (κ2) is 3.82. The Morgan fingerprint density at radius 3 is 2.73 bits per heavy atom. The van der Waals surface area contributed by atoms with Gasteiger partial charge in [-0.1, -0.05) is 0 Å². The smallest absolute Gasteiger partial charge is 0.138 e. The summed E-state index contributed by atoms with van der Waals surface area (Å²) >= 11 is 0. The average Bonchev–Trinajstić information content (AvgIpc) is 2.63. The molecule has 4 nitrogen and oxygen atoms in total. The number of aliphatic hydroxyl groups excluding tert-OH is 1. The van der Waals surface area contributed by atoms with E-state index in [1.807, 2.05) is 36.7 Å². The highest BCUT2D eigenvalue weighted by molar-refractivity contribution is 5.31. The Hall–Kier alpha value is -1.68. The summed E-state index contributed by atoms with van der Waals surface area (Å²) in [5.74, 6) is 1.69. The Morgan fingerprint density at radius 2 is 2.13 bits per heavy atom. The van der Waals surface area contributed by atoms with Gasteiger partial charge in [0.15, 0.2) is 0 Å². The average molecular weight is 203 g/mol. The van der Waals surface area contributed by atoms with Crippen LogP contribution in [0.5, 0.6) is 0 Å². The SMILES string of the molecule is Cc1cc(CO)cc(-n2ccnc2C)n1. The molecular weight excluding hydrogens is 190 g/mol. The molecule has 0 amide bonds. The van der Waals surface area contributed by atoms with Crippen molar-refractivity contribution in [3.63, 3.8) is 0 Å². The van der Waals surface area contributed by atoms with Crippen LogP contribution in [0, 0.1) is 13.8 Å². The molecule has 0 atom stereocenters. The minimum atomic E-state index is 0.0318. The Labute approximate surface area is 88.2 Å². The summed E-state index contributed by atoms with van der Waals surface area (Å²) in [5, 5.41) is 9.10. The summed E-state index contributed by atoms with van der Waals surface area (Å²) in [7, 11) is 0. The van der Waals surface area contributed by atoms with Crippen molar-refractivity contribution in [2.75, 3.05) is 0 Å². The standard InChI is InChI=1S/C11H13N3O/c1-8-5-10(7-15)6-11(13-8)14-4-3-12-9(14)2/h3-6,15H,7H2,1-2H3. The first-order chi connectivity index (χ1) is 7.20. The zero-order chi connectivity index (χ0) is 10.8. The van der Waals surface area contributed by atoms with Gasteiger partial charge < -0.3 is 5.11 Å². The third kappa shape index (κ3) is 1.89. The highest BCUT2D eigenvalue weighted by Gasteiger charge is 2.04. The van der Waals surface area contributed by atoms with Crippen molar-refractivity contribution in [1.82, 2.24) is 14.5 Å². The molecule has 1 N–H and O–H groups in total. The summed E-state index contributed by atoms with van der Waals surface area (Å²) in [6, 6.07) is 3.73. The van der Waals surface area contributed by atoms with Crippen LogP contribution in [0.1, 0.15) is 17.1 Å².